The molecular formula is C22H27FN2O2. The van der Waals surface area contributed by atoms with Crippen LogP contribution in [0.2, 0.25) is 0 Å². The van der Waals surface area contributed by atoms with Crippen molar-refractivity contribution in [3.05, 3.63) is 71.5 Å². The lowest BCUT2D eigenvalue weighted by Gasteiger charge is -2.30. The van der Waals surface area contributed by atoms with Crippen LogP contribution in [-0.4, -0.2) is 46.5 Å². The van der Waals surface area contributed by atoms with Gasteiger partial charge in [0.1, 0.15) is 5.82 Å². The maximum absolute atomic E-state index is 13.3. The van der Waals surface area contributed by atoms with E-state index in [1.165, 1.54) is 17.7 Å². The van der Waals surface area contributed by atoms with Crippen LogP contribution in [0.15, 0.2) is 54.6 Å². The van der Waals surface area contributed by atoms with Gasteiger partial charge in [-0.25, -0.2) is 4.39 Å². The molecule has 1 fully saturated rings. The highest BCUT2D eigenvalue weighted by Crippen LogP contribution is 2.21. The highest BCUT2D eigenvalue weighted by Gasteiger charge is 2.27. The molecule has 5 heteroatoms. The molecule has 144 valence electrons. The van der Waals surface area contributed by atoms with Gasteiger partial charge in [0.25, 0.3) is 0 Å². The molecule has 1 heterocycles. The van der Waals surface area contributed by atoms with Gasteiger partial charge in [0.05, 0.1) is 12.5 Å². The van der Waals surface area contributed by atoms with E-state index in [9.17, 15) is 14.3 Å². The second-order valence-corrected chi connectivity index (χ2v) is 7.29. The van der Waals surface area contributed by atoms with Crippen molar-refractivity contribution in [2.45, 2.75) is 38.5 Å². The largest absolute Gasteiger partial charge is 0.388 e. The zero-order valence-corrected chi connectivity index (χ0v) is 15.7. The summed E-state index contributed by atoms with van der Waals surface area (Å²) in [4.78, 5) is 17.0. The van der Waals surface area contributed by atoms with Crippen LogP contribution in [0.3, 0.4) is 0 Å². The number of carbonyl (C=O) groups excluding carboxylic acids is 1. The quantitative estimate of drug-likeness (QED) is 0.878. The molecule has 0 spiro atoms. The van der Waals surface area contributed by atoms with E-state index in [1.807, 2.05) is 23.1 Å². The van der Waals surface area contributed by atoms with Gasteiger partial charge in [-0.2, -0.15) is 0 Å². The Labute approximate surface area is 160 Å². The zero-order valence-electron chi connectivity index (χ0n) is 15.7. The topological polar surface area (TPSA) is 43.8 Å². The summed E-state index contributed by atoms with van der Waals surface area (Å²) in [5.41, 5.74) is 1.71. The van der Waals surface area contributed by atoms with Gasteiger partial charge in [0.15, 0.2) is 0 Å². The fourth-order valence-corrected chi connectivity index (χ4v) is 3.72. The van der Waals surface area contributed by atoms with Crippen LogP contribution >= 0.6 is 0 Å². The molecule has 1 aliphatic heterocycles. The number of halogens is 1. The lowest BCUT2D eigenvalue weighted by atomic mass is 10.1. The summed E-state index contributed by atoms with van der Waals surface area (Å²) in [6, 6.07) is 16.2. The summed E-state index contributed by atoms with van der Waals surface area (Å²) in [7, 11) is 0. The van der Waals surface area contributed by atoms with Crippen molar-refractivity contribution in [3.63, 3.8) is 0 Å². The first-order chi connectivity index (χ1) is 13.0. The van der Waals surface area contributed by atoms with Crippen molar-refractivity contribution in [2.24, 2.45) is 0 Å². The average molecular weight is 370 g/mol. The lowest BCUT2D eigenvalue weighted by Crippen LogP contribution is -2.42. The van der Waals surface area contributed by atoms with Crippen LogP contribution in [0.1, 0.15) is 37.0 Å². The molecule has 2 aromatic carbocycles. The minimum atomic E-state index is -0.982. The maximum Gasteiger partial charge on any atom is 0.225 e. The van der Waals surface area contributed by atoms with Crippen LogP contribution in [0.4, 0.5) is 4.39 Å². The number of hydrogen-bond donors (Lipinski definition) is 1. The van der Waals surface area contributed by atoms with Crippen molar-refractivity contribution in [1.82, 2.24) is 9.80 Å². The minimum Gasteiger partial charge on any atom is -0.388 e. The number of nitrogens with zero attached hydrogens (tertiary/aromatic N) is 2. The van der Waals surface area contributed by atoms with Crippen molar-refractivity contribution in [1.29, 1.82) is 0 Å². The van der Waals surface area contributed by atoms with Gasteiger partial charge in [0.2, 0.25) is 5.91 Å². The summed E-state index contributed by atoms with van der Waals surface area (Å²) in [6.45, 7) is 5.35. The normalized spacial score (nSPS) is 19.5. The Kier molecular flexibility index (Phi) is 6.58. The van der Waals surface area contributed by atoms with E-state index in [1.54, 1.807) is 12.1 Å². The van der Waals surface area contributed by atoms with Crippen molar-refractivity contribution < 1.29 is 14.3 Å². The highest BCUT2D eigenvalue weighted by molar-refractivity contribution is 5.77. The Morgan fingerprint density at radius 1 is 1.19 bits per heavy atom. The molecule has 0 aliphatic carbocycles. The Hall–Kier alpha value is -2.24. The molecule has 4 nitrogen and oxygen atoms in total. The molecule has 0 saturated carbocycles. The number of aliphatic hydroxyl groups excluding tert-OH is 1. The number of amides is 1. The molecule has 0 bridgehead atoms. The highest BCUT2D eigenvalue weighted by atomic mass is 19.1. The molecule has 2 atom stereocenters. The van der Waals surface area contributed by atoms with Gasteiger partial charge in [-0.3, -0.25) is 9.69 Å². The predicted octanol–water partition coefficient (Wildman–Crippen LogP) is 3.37. The van der Waals surface area contributed by atoms with E-state index >= 15 is 0 Å². The Morgan fingerprint density at radius 2 is 1.96 bits per heavy atom. The predicted molar refractivity (Wildman–Crippen MR) is 103 cm³/mol. The van der Waals surface area contributed by atoms with E-state index in [-0.39, 0.29) is 18.4 Å². The molecule has 1 N–H and O–H groups in total. The molecule has 2 aromatic rings. The number of hydrogen-bond acceptors (Lipinski definition) is 3. The molecule has 1 amide bonds. The van der Waals surface area contributed by atoms with Gasteiger partial charge in [-0.05, 0) is 36.6 Å². The van der Waals surface area contributed by atoms with Crippen molar-refractivity contribution in [3.8, 4) is 0 Å². The Bertz CT molecular complexity index is 753. The molecule has 27 heavy (non-hydrogen) atoms. The number of rotatable bonds is 5. The van der Waals surface area contributed by atoms with Gasteiger partial charge >= 0.3 is 0 Å². The molecule has 1 aliphatic rings. The van der Waals surface area contributed by atoms with Crippen LogP contribution in [-0.2, 0) is 11.3 Å². The zero-order chi connectivity index (χ0) is 19.2. The second-order valence-electron chi connectivity index (χ2n) is 7.29. The van der Waals surface area contributed by atoms with Crippen LogP contribution in [0, 0.1) is 5.82 Å². The molecular weight excluding hydrogens is 343 g/mol. The van der Waals surface area contributed by atoms with Gasteiger partial charge in [0, 0.05) is 32.2 Å². The fraction of sp³-hybridized carbons (Fsp3) is 0.409. The van der Waals surface area contributed by atoms with Crippen LogP contribution in [0.5, 0.6) is 0 Å². The molecule has 0 aromatic heterocycles. The monoisotopic (exact) mass is 370 g/mol. The van der Waals surface area contributed by atoms with E-state index in [4.69, 9.17) is 0 Å². The van der Waals surface area contributed by atoms with Crippen molar-refractivity contribution >= 4 is 5.91 Å². The fourth-order valence-electron chi connectivity index (χ4n) is 3.72. The summed E-state index contributed by atoms with van der Waals surface area (Å²) < 4.78 is 13.3. The summed E-state index contributed by atoms with van der Waals surface area (Å²) in [5, 5.41) is 10.3. The van der Waals surface area contributed by atoms with Crippen molar-refractivity contribution in [2.75, 3.05) is 19.6 Å². The maximum atomic E-state index is 13.3. The molecule has 3 rings (SSSR count). The molecule has 0 radical (unpaired) electrons. The van der Waals surface area contributed by atoms with E-state index in [0.717, 1.165) is 26.1 Å². The Morgan fingerprint density at radius 3 is 2.70 bits per heavy atom. The summed E-state index contributed by atoms with van der Waals surface area (Å²) in [5.74, 6) is -0.487. The standard InChI is InChI=1S/C22H27FN2O2/c1-17-15-24(16-18-7-3-2-4-8-18)11-6-12-25(17)22(27)14-21(26)19-9-5-10-20(23)13-19/h2-5,7-10,13,17,21,26H,6,11-12,14-16H2,1H3/t17-,21-/m0/s1. The van der Waals surface area contributed by atoms with E-state index < -0.39 is 11.9 Å². The van der Waals surface area contributed by atoms with Crippen LogP contribution in [0.25, 0.3) is 0 Å². The number of benzene rings is 2. The Balaban J connectivity index is 1.59. The SMILES string of the molecule is C[C@H]1CN(Cc2ccccc2)CCCN1C(=O)C[C@H](O)c1cccc(F)c1. The third-order valence-electron chi connectivity index (χ3n) is 5.10. The molecule has 0 unspecified atom stereocenters. The first-order valence-corrected chi connectivity index (χ1v) is 9.52. The molecule has 1 saturated heterocycles. The first kappa shape index (κ1) is 19.5. The van der Waals surface area contributed by atoms with Gasteiger partial charge in [-0.15, -0.1) is 0 Å². The van der Waals surface area contributed by atoms with Crippen LogP contribution < -0.4 is 0 Å². The lowest BCUT2D eigenvalue weighted by molar-refractivity contribution is -0.135. The van der Waals surface area contributed by atoms with E-state index in [0.29, 0.717) is 12.1 Å². The third-order valence-corrected chi connectivity index (χ3v) is 5.10. The summed E-state index contributed by atoms with van der Waals surface area (Å²) >= 11 is 0. The smallest absolute Gasteiger partial charge is 0.225 e. The summed E-state index contributed by atoms with van der Waals surface area (Å²) in [6.07, 6.45) is -0.102. The minimum absolute atomic E-state index is 0.0214. The number of aliphatic hydroxyl groups is 1. The first-order valence-electron chi connectivity index (χ1n) is 9.52. The average Bonchev–Trinajstić information content (AvgIpc) is 2.83. The van der Waals surface area contributed by atoms with Gasteiger partial charge in [-0.1, -0.05) is 42.5 Å². The van der Waals surface area contributed by atoms with E-state index in [2.05, 4.69) is 24.0 Å². The number of carbonyl (C=O) groups is 1. The second kappa shape index (κ2) is 9.11. The third kappa shape index (κ3) is 5.37. The van der Waals surface area contributed by atoms with Gasteiger partial charge < -0.3 is 10.0 Å².